The van der Waals surface area contributed by atoms with Gasteiger partial charge in [0.25, 0.3) is 5.91 Å². The van der Waals surface area contributed by atoms with E-state index in [9.17, 15) is 4.79 Å². The third-order valence-corrected chi connectivity index (χ3v) is 4.55. The second-order valence-corrected chi connectivity index (χ2v) is 7.11. The van der Waals surface area contributed by atoms with Crippen LogP contribution in [0.25, 0.3) is 0 Å². The fourth-order valence-corrected chi connectivity index (χ4v) is 2.98. The van der Waals surface area contributed by atoms with Crippen molar-refractivity contribution in [2.75, 3.05) is 17.3 Å². The van der Waals surface area contributed by atoms with E-state index < -0.39 is 0 Å². The van der Waals surface area contributed by atoms with Crippen LogP contribution in [0.1, 0.15) is 35.5 Å². The summed E-state index contributed by atoms with van der Waals surface area (Å²) < 4.78 is 5.34. The largest absolute Gasteiger partial charge is 0.495 e. The monoisotopic (exact) mass is 390 g/mol. The van der Waals surface area contributed by atoms with E-state index in [0.717, 1.165) is 11.1 Å². The number of benzene rings is 2. The molecule has 6 nitrogen and oxygen atoms in total. The molecule has 3 aromatic rings. The van der Waals surface area contributed by atoms with Crippen molar-refractivity contribution < 1.29 is 9.53 Å². The first kappa shape index (κ1) is 20.3. The molecule has 0 unspecified atom stereocenters. The van der Waals surface area contributed by atoms with Gasteiger partial charge >= 0.3 is 0 Å². The minimum Gasteiger partial charge on any atom is -0.495 e. The smallest absolute Gasteiger partial charge is 0.274 e. The molecule has 29 heavy (non-hydrogen) atoms. The standard InChI is InChI=1S/C23H26N4O2/c1-16(2)27(15-18-8-6-5-7-9-18)23-24-13-12-19(26-23)22(28)25-20-14-17(3)10-11-21(20)29-4/h5-14,16H,15H2,1-4H3,(H,25,28). The van der Waals surface area contributed by atoms with Crippen molar-refractivity contribution in [2.24, 2.45) is 0 Å². The molecule has 0 saturated carbocycles. The molecule has 0 radical (unpaired) electrons. The van der Waals surface area contributed by atoms with Crippen LogP contribution in [0, 0.1) is 6.92 Å². The average Bonchev–Trinajstić information content (AvgIpc) is 2.73. The van der Waals surface area contributed by atoms with Crippen LogP contribution in [0.15, 0.2) is 60.8 Å². The number of amides is 1. The van der Waals surface area contributed by atoms with E-state index in [1.165, 1.54) is 0 Å². The summed E-state index contributed by atoms with van der Waals surface area (Å²) in [5.41, 5.74) is 3.10. The summed E-state index contributed by atoms with van der Waals surface area (Å²) in [6.45, 7) is 6.78. The topological polar surface area (TPSA) is 67.3 Å². The van der Waals surface area contributed by atoms with Gasteiger partial charge in [-0.3, -0.25) is 4.79 Å². The number of anilines is 2. The van der Waals surface area contributed by atoms with Crippen molar-refractivity contribution >= 4 is 17.5 Å². The van der Waals surface area contributed by atoms with E-state index in [4.69, 9.17) is 4.74 Å². The van der Waals surface area contributed by atoms with Crippen LogP contribution in [-0.4, -0.2) is 29.0 Å². The zero-order chi connectivity index (χ0) is 20.8. The van der Waals surface area contributed by atoms with Crippen LogP contribution >= 0.6 is 0 Å². The van der Waals surface area contributed by atoms with Gasteiger partial charge < -0.3 is 15.0 Å². The van der Waals surface area contributed by atoms with Gasteiger partial charge in [-0.05, 0) is 50.1 Å². The molecule has 0 aliphatic heterocycles. The highest BCUT2D eigenvalue weighted by Gasteiger charge is 2.17. The number of ether oxygens (including phenoxy) is 1. The van der Waals surface area contributed by atoms with Gasteiger partial charge in [0.05, 0.1) is 12.8 Å². The number of carbonyl (C=O) groups is 1. The van der Waals surface area contributed by atoms with E-state index in [2.05, 4.69) is 46.2 Å². The van der Waals surface area contributed by atoms with Crippen LogP contribution in [0.5, 0.6) is 5.75 Å². The molecule has 0 aliphatic rings. The molecule has 0 spiro atoms. The van der Waals surface area contributed by atoms with Gasteiger partial charge in [-0.25, -0.2) is 9.97 Å². The third kappa shape index (κ3) is 5.10. The summed E-state index contributed by atoms with van der Waals surface area (Å²) in [5, 5.41) is 2.89. The zero-order valence-electron chi connectivity index (χ0n) is 17.2. The predicted molar refractivity (Wildman–Crippen MR) is 115 cm³/mol. The molecule has 0 fully saturated rings. The maximum Gasteiger partial charge on any atom is 0.274 e. The Morgan fingerprint density at radius 3 is 2.59 bits per heavy atom. The van der Waals surface area contributed by atoms with Crippen LogP contribution in [0.4, 0.5) is 11.6 Å². The highest BCUT2D eigenvalue weighted by Crippen LogP contribution is 2.26. The molecular weight excluding hydrogens is 364 g/mol. The number of rotatable bonds is 7. The molecule has 2 aromatic carbocycles. The fourth-order valence-electron chi connectivity index (χ4n) is 2.98. The lowest BCUT2D eigenvalue weighted by Crippen LogP contribution is -2.32. The molecule has 1 N–H and O–H groups in total. The second kappa shape index (κ2) is 9.19. The maximum atomic E-state index is 12.8. The first-order chi connectivity index (χ1) is 14.0. The summed E-state index contributed by atoms with van der Waals surface area (Å²) >= 11 is 0. The lowest BCUT2D eigenvalue weighted by atomic mass is 10.2. The molecule has 0 bridgehead atoms. The Kier molecular flexibility index (Phi) is 6.44. The van der Waals surface area contributed by atoms with Crippen molar-refractivity contribution in [3.8, 4) is 5.75 Å². The summed E-state index contributed by atoms with van der Waals surface area (Å²) in [5.74, 6) is 0.819. The highest BCUT2D eigenvalue weighted by molar-refractivity contribution is 6.03. The SMILES string of the molecule is COc1ccc(C)cc1NC(=O)c1ccnc(N(Cc2ccccc2)C(C)C)n1. The van der Waals surface area contributed by atoms with Crippen LogP contribution in [0.2, 0.25) is 0 Å². The molecule has 0 saturated heterocycles. The maximum absolute atomic E-state index is 12.8. The number of nitrogens with one attached hydrogen (secondary N) is 1. The molecule has 1 heterocycles. The van der Waals surface area contributed by atoms with Crippen LogP contribution in [-0.2, 0) is 6.54 Å². The highest BCUT2D eigenvalue weighted by atomic mass is 16.5. The van der Waals surface area contributed by atoms with E-state index >= 15 is 0 Å². The lowest BCUT2D eigenvalue weighted by Gasteiger charge is -2.27. The molecule has 0 aliphatic carbocycles. The minimum atomic E-state index is -0.305. The summed E-state index contributed by atoms with van der Waals surface area (Å²) in [7, 11) is 1.58. The zero-order valence-corrected chi connectivity index (χ0v) is 17.2. The third-order valence-electron chi connectivity index (χ3n) is 4.55. The molecule has 1 amide bonds. The molecule has 0 atom stereocenters. The number of methoxy groups -OCH3 is 1. The Bertz CT molecular complexity index is 974. The van der Waals surface area contributed by atoms with Gasteiger partial charge in [0.1, 0.15) is 11.4 Å². The van der Waals surface area contributed by atoms with E-state index in [1.807, 2.05) is 43.3 Å². The minimum absolute atomic E-state index is 0.172. The van der Waals surface area contributed by atoms with Gasteiger partial charge in [-0.15, -0.1) is 0 Å². The fraction of sp³-hybridized carbons (Fsp3) is 0.261. The van der Waals surface area contributed by atoms with E-state index in [1.54, 1.807) is 19.4 Å². The van der Waals surface area contributed by atoms with E-state index in [0.29, 0.717) is 29.6 Å². The van der Waals surface area contributed by atoms with Gasteiger partial charge in [-0.2, -0.15) is 0 Å². The molecule has 150 valence electrons. The van der Waals surface area contributed by atoms with Crippen LogP contribution in [0.3, 0.4) is 0 Å². The summed E-state index contributed by atoms with van der Waals surface area (Å²) in [6.07, 6.45) is 1.62. The number of aromatic nitrogens is 2. The predicted octanol–water partition coefficient (Wildman–Crippen LogP) is 4.46. The van der Waals surface area contributed by atoms with Gasteiger partial charge in [0.2, 0.25) is 5.95 Å². The lowest BCUT2D eigenvalue weighted by molar-refractivity contribution is 0.102. The first-order valence-electron chi connectivity index (χ1n) is 9.57. The summed E-state index contributed by atoms with van der Waals surface area (Å²) in [4.78, 5) is 23.8. The van der Waals surface area contributed by atoms with Gasteiger partial charge in [-0.1, -0.05) is 36.4 Å². The normalized spacial score (nSPS) is 10.7. The Morgan fingerprint density at radius 2 is 1.90 bits per heavy atom. The molecule has 3 rings (SSSR count). The Morgan fingerprint density at radius 1 is 1.14 bits per heavy atom. The number of hydrogen-bond acceptors (Lipinski definition) is 5. The first-order valence-corrected chi connectivity index (χ1v) is 9.57. The van der Waals surface area contributed by atoms with E-state index in [-0.39, 0.29) is 11.9 Å². The van der Waals surface area contributed by atoms with Crippen molar-refractivity contribution in [1.29, 1.82) is 0 Å². The van der Waals surface area contributed by atoms with Crippen molar-refractivity contribution in [1.82, 2.24) is 9.97 Å². The Balaban J connectivity index is 1.84. The summed E-state index contributed by atoms with van der Waals surface area (Å²) in [6, 6.07) is 17.6. The molecule has 6 heteroatoms. The van der Waals surface area contributed by atoms with Crippen LogP contribution < -0.4 is 15.0 Å². The average molecular weight is 390 g/mol. The number of aryl methyl sites for hydroxylation is 1. The van der Waals surface area contributed by atoms with Crippen molar-refractivity contribution in [3.63, 3.8) is 0 Å². The van der Waals surface area contributed by atoms with Crippen molar-refractivity contribution in [2.45, 2.75) is 33.4 Å². The quantitative estimate of drug-likeness (QED) is 0.645. The van der Waals surface area contributed by atoms with Crippen molar-refractivity contribution in [3.05, 3.63) is 77.6 Å². The molecular formula is C23H26N4O2. The Hall–Kier alpha value is -3.41. The Labute approximate surface area is 171 Å². The molecule has 1 aromatic heterocycles. The second-order valence-electron chi connectivity index (χ2n) is 7.11. The van der Waals surface area contributed by atoms with Gasteiger partial charge in [0.15, 0.2) is 0 Å². The number of nitrogens with zero attached hydrogens (tertiary/aromatic N) is 3. The van der Waals surface area contributed by atoms with Gasteiger partial charge in [0, 0.05) is 18.8 Å². The number of hydrogen-bond donors (Lipinski definition) is 1. The number of carbonyl (C=O) groups excluding carboxylic acids is 1.